The number of hydrogen-bond acceptors (Lipinski definition) is 4. The van der Waals surface area contributed by atoms with Gasteiger partial charge in [-0.1, -0.05) is 0 Å². The minimum absolute atomic E-state index is 0.00755. The maximum atomic E-state index is 11.2. The van der Waals surface area contributed by atoms with Crippen molar-refractivity contribution >= 4 is 5.91 Å². The Bertz CT molecular complexity index is 175. The number of carbonyl (C=O) groups is 1. The molecule has 0 aromatic heterocycles. The van der Waals surface area contributed by atoms with Gasteiger partial charge in [0, 0.05) is 20.3 Å². The molecule has 0 saturated carbocycles. The molecule has 0 aliphatic rings. The van der Waals surface area contributed by atoms with Crippen LogP contribution in [-0.4, -0.2) is 50.5 Å². The van der Waals surface area contributed by atoms with Crippen LogP contribution in [0.1, 0.15) is 26.2 Å². The monoisotopic (exact) mass is 232 g/mol. The summed E-state index contributed by atoms with van der Waals surface area (Å²) in [5, 5.41) is 14.8. The van der Waals surface area contributed by atoms with Crippen molar-refractivity contribution in [3.05, 3.63) is 0 Å². The summed E-state index contributed by atoms with van der Waals surface area (Å²) in [6.45, 7) is 4.19. The molecule has 0 aliphatic carbocycles. The Hall–Kier alpha value is -0.650. The Balaban J connectivity index is 3.17. The van der Waals surface area contributed by atoms with Gasteiger partial charge in [0.15, 0.2) is 0 Å². The second-order valence-electron chi connectivity index (χ2n) is 3.86. The van der Waals surface area contributed by atoms with Crippen LogP contribution in [-0.2, 0) is 9.53 Å². The second-order valence-corrected chi connectivity index (χ2v) is 3.86. The van der Waals surface area contributed by atoms with Crippen LogP contribution in [0.5, 0.6) is 0 Å². The van der Waals surface area contributed by atoms with Crippen molar-refractivity contribution in [3.63, 3.8) is 0 Å². The van der Waals surface area contributed by atoms with Gasteiger partial charge in [-0.15, -0.1) is 0 Å². The summed E-state index contributed by atoms with van der Waals surface area (Å²) >= 11 is 0. The molecule has 0 bridgehead atoms. The molecule has 1 amide bonds. The lowest BCUT2D eigenvalue weighted by Gasteiger charge is -2.07. The van der Waals surface area contributed by atoms with E-state index in [1.165, 1.54) is 0 Å². The lowest BCUT2D eigenvalue weighted by Crippen LogP contribution is -2.35. The molecule has 0 aliphatic heterocycles. The van der Waals surface area contributed by atoms with Crippen LogP contribution in [0.25, 0.3) is 0 Å². The highest BCUT2D eigenvalue weighted by Crippen LogP contribution is 1.92. The minimum Gasteiger partial charge on any atom is -0.393 e. The highest BCUT2D eigenvalue weighted by molar-refractivity contribution is 5.77. The number of carbonyl (C=O) groups excluding carboxylic acids is 1. The average Bonchev–Trinajstić information content (AvgIpc) is 2.23. The maximum Gasteiger partial charge on any atom is 0.233 e. The lowest BCUT2D eigenvalue weighted by atomic mass is 10.2. The number of methoxy groups -OCH3 is 1. The van der Waals surface area contributed by atoms with Crippen molar-refractivity contribution in [3.8, 4) is 0 Å². The fraction of sp³-hybridized carbons (Fsp3) is 0.909. The van der Waals surface area contributed by atoms with Gasteiger partial charge in [0.25, 0.3) is 0 Å². The van der Waals surface area contributed by atoms with Crippen molar-refractivity contribution < 1.29 is 14.6 Å². The zero-order valence-electron chi connectivity index (χ0n) is 10.3. The van der Waals surface area contributed by atoms with Crippen LogP contribution < -0.4 is 10.6 Å². The lowest BCUT2D eigenvalue weighted by molar-refractivity contribution is -0.120. The van der Waals surface area contributed by atoms with Crippen LogP contribution in [0.3, 0.4) is 0 Å². The van der Waals surface area contributed by atoms with Crippen LogP contribution >= 0.6 is 0 Å². The third kappa shape index (κ3) is 11.4. The van der Waals surface area contributed by atoms with E-state index in [-0.39, 0.29) is 12.0 Å². The highest BCUT2D eigenvalue weighted by atomic mass is 16.5. The van der Waals surface area contributed by atoms with Crippen molar-refractivity contribution in [2.24, 2.45) is 0 Å². The Morgan fingerprint density at radius 1 is 1.38 bits per heavy atom. The predicted molar refractivity (Wildman–Crippen MR) is 63.3 cm³/mol. The molecule has 0 fully saturated rings. The molecule has 0 aromatic rings. The van der Waals surface area contributed by atoms with Crippen molar-refractivity contribution in [1.29, 1.82) is 0 Å². The van der Waals surface area contributed by atoms with Gasteiger partial charge in [0.1, 0.15) is 0 Å². The van der Waals surface area contributed by atoms with E-state index < -0.39 is 0 Å². The first kappa shape index (κ1) is 15.3. The molecule has 16 heavy (non-hydrogen) atoms. The summed E-state index contributed by atoms with van der Waals surface area (Å²) in [6, 6.07) is 0. The van der Waals surface area contributed by atoms with Crippen molar-refractivity contribution in [2.75, 3.05) is 33.4 Å². The summed E-state index contributed by atoms with van der Waals surface area (Å²) in [5.41, 5.74) is 0. The number of nitrogens with one attached hydrogen (secondary N) is 2. The summed E-state index contributed by atoms with van der Waals surface area (Å²) in [6.07, 6.45) is 2.23. The van der Waals surface area contributed by atoms with E-state index in [0.29, 0.717) is 19.7 Å². The van der Waals surface area contributed by atoms with E-state index in [1.807, 2.05) is 0 Å². The van der Waals surface area contributed by atoms with Crippen LogP contribution in [0.4, 0.5) is 0 Å². The van der Waals surface area contributed by atoms with Crippen LogP contribution in [0, 0.1) is 0 Å². The van der Waals surface area contributed by atoms with Gasteiger partial charge >= 0.3 is 0 Å². The fourth-order valence-electron chi connectivity index (χ4n) is 1.23. The van der Waals surface area contributed by atoms with Crippen LogP contribution in [0.2, 0.25) is 0 Å². The average molecular weight is 232 g/mol. The van der Waals surface area contributed by atoms with E-state index in [4.69, 9.17) is 9.84 Å². The summed E-state index contributed by atoms with van der Waals surface area (Å²) in [4.78, 5) is 11.2. The molecular weight excluding hydrogens is 208 g/mol. The molecule has 0 aromatic carbocycles. The van der Waals surface area contributed by atoms with E-state index in [0.717, 1.165) is 25.8 Å². The van der Waals surface area contributed by atoms with Crippen molar-refractivity contribution in [2.45, 2.75) is 32.3 Å². The highest BCUT2D eigenvalue weighted by Gasteiger charge is 2.00. The van der Waals surface area contributed by atoms with Gasteiger partial charge < -0.3 is 20.5 Å². The van der Waals surface area contributed by atoms with Crippen LogP contribution in [0.15, 0.2) is 0 Å². The van der Waals surface area contributed by atoms with Gasteiger partial charge in [0.2, 0.25) is 5.91 Å². The molecule has 0 heterocycles. The first-order chi connectivity index (χ1) is 7.66. The Labute approximate surface area is 97.6 Å². The molecule has 0 radical (unpaired) electrons. The van der Waals surface area contributed by atoms with Gasteiger partial charge in [-0.25, -0.2) is 0 Å². The topological polar surface area (TPSA) is 70.6 Å². The molecule has 0 saturated heterocycles. The summed E-state index contributed by atoms with van der Waals surface area (Å²) < 4.78 is 4.87. The van der Waals surface area contributed by atoms with E-state index in [2.05, 4.69) is 10.6 Å². The Kier molecular flexibility index (Phi) is 10.4. The van der Waals surface area contributed by atoms with Gasteiger partial charge in [-0.2, -0.15) is 0 Å². The Morgan fingerprint density at radius 2 is 2.12 bits per heavy atom. The van der Waals surface area contributed by atoms with Gasteiger partial charge in [0.05, 0.1) is 12.6 Å². The zero-order valence-corrected chi connectivity index (χ0v) is 10.3. The number of ether oxygens (including phenoxy) is 1. The Morgan fingerprint density at radius 3 is 2.75 bits per heavy atom. The largest absolute Gasteiger partial charge is 0.393 e. The van der Waals surface area contributed by atoms with E-state index in [9.17, 15) is 4.79 Å². The number of amides is 1. The third-order valence-electron chi connectivity index (χ3n) is 2.11. The van der Waals surface area contributed by atoms with Gasteiger partial charge in [-0.05, 0) is 32.7 Å². The number of hydrogen-bond donors (Lipinski definition) is 3. The number of aliphatic hydroxyl groups is 1. The standard InChI is InChI=1S/C11H24N2O3/c1-10(14)5-3-6-12-9-11(15)13-7-4-8-16-2/h10,12,14H,3-9H2,1-2H3,(H,13,15). The first-order valence-corrected chi connectivity index (χ1v) is 5.81. The van der Waals surface area contributed by atoms with Crippen molar-refractivity contribution in [1.82, 2.24) is 10.6 Å². The SMILES string of the molecule is COCCCNC(=O)CNCCCC(C)O. The summed E-state index contributed by atoms with van der Waals surface area (Å²) in [7, 11) is 1.64. The molecular formula is C11H24N2O3. The molecule has 5 heteroatoms. The molecule has 3 N–H and O–H groups in total. The number of aliphatic hydroxyl groups excluding tert-OH is 1. The molecule has 5 nitrogen and oxygen atoms in total. The first-order valence-electron chi connectivity index (χ1n) is 5.81. The predicted octanol–water partition coefficient (Wildman–Crippen LogP) is -0.110. The normalized spacial score (nSPS) is 12.4. The second kappa shape index (κ2) is 10.9. The van der Waals surface area contributed by atoms with E-state index >= 15 is 0 Å². The zero-order chi connectivity index (χ0) is 12.2. The molecule has 0 spiro atoms. The molecule has 1 atom stereocenters. The quantitative estimate of drug-likeness (QED) is 0.460. The number of rotatable bonds is 10. The fourth-order valence-corrected chi connectivity index (χ4v) is 1.23. The molecule has 1 unspecified atom stereocenters. The van der Waals surface area contributed by atoms with Gasteiger partial charge in [-0.3, -0.25) is 4.79 Å². The summed E-state index contributed by atoms with van der Waals surface area (Å²) in [5.74, 6) is 0.00755. The molecule has 0 rings (SSSR count). The third-order valence-corrected chi connectivity index (χ3v) is 2.11. The van der Waals surface area contributed by atoms with E-state index in [1.54, 1.807) is 14.0 Å². The minimum atomic E-state index is -0.260. The maximum absolute atomic E-state index is 11.2. The smallest absolute Gasteiger partial charge is 0.233 e. The molecule has 96 valence electrons.